The van der Waals surface area contributed by atoms with E-state index in [0.29, 0.717) is 17.1 Å². The first-order valence-corrected chi connectivity index (χ1v) is 7.24. The van der Waals surface area contributed by atoms with Gasteiger partial charge in [-0.15, -0.1) is 0 Å². The van der Waals surface area contributed by atoms with E-state index in [2.05, 4.69) is 31.7 Å². The van der Waals surface area contributed by atoms with Crippen LogP contribution in [0.15, 0.2) is 15.5 Å². The van der Waals surface area contributed by atoms with Crippen molar-refractivity contribution in [3.05, 3.63) is 21.0 Å². The fourth-order valence-corrected chi connectivity index (χ4v) is 3.17. The minimum absolute atomic E-state index is 0.0502. The van der Waals surface area contributed by atoms with Gasteiger partial charge in [0.1, 0.15) is 4.47 Å². The molecule has 6 heteroatoms. The summed E-state index contributed by atoms with van der Waals surface area (Å²) in [5.74, 6) is 1.44. The molecule has 1 aromatic heterocycles. The number of hydrogen-bond acceptors (Lipinski definition) is 4. The average molecular weight is 313 g/mol. The van der Waals surface area contributed by atoms with E-state index >= 15 is 0 Å². The van der Waals surface area contributed by atoms with Crippen molar-refractivity contribution < 1.29 is 0 Å². The molecule has 98 valence electrons. The number of aryl methyl sites for hydroxylation is 1. The van der Waals surface area contributed by atoms with Gasteiger partial charge in [-0.3, -0.25) is 4.79 Å². The van der Waals surface area contributed by atoms with Crippen LogP contribution in [0, 0.1) is 11.8 Å². The van der Waals surface area contributed by atoms with Gasteiger partial charge < -0.3 is 10.6 Å². The Kier molecular flexibility index (Phi) is 3.15. The van der Waals surface area contributed by atoms with Gasteiger partial charge in [0, 0.05) is 25.7 Å². The van der Waals surface area contributed by atoms with Gasteiger partial charge in [0.05, 0.1) is 11.9 Å². The Hall–Kier alpha value is -0.880. The molecule has 0 spiro atoms. The maximum atomic E-state index is 12.0. The van der Waals surface area contributed by atoms with E-state index in [1.807, 2.05) is 6.92 Å². The van der Waals surface area contributed by atoms with Crippen LogP contribution in [0.3, 0.4) is 0 Å². The van der Waals surface area contributed by atoms with Crippen LogP contribution in [0.5, 0.6) is 0 Å². The summed E-state index contributed by atoms with van der Waals surface area (Å²) < 4.78 is 2.11. The van der Waals surface area contributed by atoms with Crippen molar-refractivity contribution in [3.63, 3.8) is 0 Å². The second-order valence-electron chi connectivity index (χ2n) is 5.06. The third kappa shape index (κ3) is 1.97. The van der Waals surface area contributed by atoms with Crippen molar-refractivity contribution in [3.8, 4) is 0 Å². The minimum atomic E-state index is -0.0502. The van der Waals surface area contributed by atoms with E-state index in [9.17, 15) is 4.79 Å². The lowest BCUT2D eigenvalue weighted by Gasteiger charge is -2.11. The maximum absolute atomic E-state index is 12.0. The topological polar surface area (TPSA) is 59.0 Å². The molecule has 2 heterocycles. The Bertz CT molecular complexity index is 505. The lowest BCUT2D eigenvalue weighted by molar-refractivity contribution is 0.565. The first-order valence-electron chi connectivity index (χ1n) is 6.45. The molecule has 1 aromatic rings. The first kappa shape index (κ1) is 12.2. The largest absolute Gasteiger partial charge is 0.379 e. The second-order valence-corrected chi connectivity index (χ2v) is 5.85. The number of halogens is 1. The van der Waals surface area contributed by atoms with E-state index in [4.69, 9.17) is 0 Å². The molecule has 2 unspecified atom stereocenters. The molecular formula is C12H17BrN4O. The lowest BCUT2D eigenvalue weighted by atomic mass is 10.4. The summed E-state index contributed by atoms with van der Waals surface area (Å²) in [5, 5.41) is 11.0. The number of rotatable bonds is 4. The highest BCUT2D eigenvalue weighted by Crippen LogP contribution is 2.44. The predicted octanol–water partition coefficient (Wildman–Crippen LogP) is 1.05. The van der Waals surface area contributed by atoms with E-state index in [-0.39, 0.29) is 5.56 Å². The van der Waals surface area contributed by atoms with Gasteiger partial charge in [-0.05, 0) is 34.2 Å². The molecule has 2 N–H and O–H groups in total. The average Bonchev–Trinajstić information content (AvgIpc) is 2.81. The lowest BCUT2D eigenvalue weighted by Crippen LogP contribution is -2.26. The fourth-order valence-electron chi connectivity index (χ4n) is 2.75. The van der Waals surface area contributed by atoms with Crippen LogP contribution in [0.25, 0.3) is 0 Å². The summed E-state index contributed by atoms with van der Waals surface area (Å²) in [4.78, 5) is 12.0. The summed E-state index contributed by atoms with van der Waals surface area (Å²) in [5.41, 5.74) is 0.775. The van der Waals surface area contributed by atoms with Gasteiger partial charge >= 0.3 is 0 Å². The van der Waals surface area contributed by atoms with Crippen LogP contribution in [-0.2, 0) is 6.54 Å². The third-order valence-corrected chi connectivity index (χ3v) is 4.60. The zero-order valence-corrected chi connectivity index (χ0v) is 11.9. The molecule has 1 aliphatic carbocycles. The molecule has 1 aliphatic heterocycles. The molecule has 2 atom stereocenters. The SMILES string of the molecule is CCCn1ncc(NC2C3CNCC32)c(Br)c1=O. The zero-order valence-electron chi connectivity index (χ0n) is 10.3. The summed E-state index contributed by atoms with van der Waals surface area (Å²) >= 11 is 3.39. The molecule has 0 radical (unpaired) electrons. The monoisotopic (exact) mass is 312 g/mol. The summed E-state index contributed by atoms with van der Waals surface area (Å²) in [6, 6.07) is 0.505. The number of anilines is 1. The molecule has 0 bridgehead atoms. The first-order chi connectivity index (χ1) is 8.72. The molecule has 18 heavy (non-hydrogen) atoms. The van der Waals surface area contributed by atoms with Crippen LogP contribution in [0.2, 0.25) is 0 Å². The second kappa shape index (κ2) is 4.66. The number of nitrogens with one attached hydrogen (secondary N) is 2. The van der Waals surface area contributed by atoms with Crippen LogP contribution >= 0.6 is 15.9 Å². The highest BCUT2D eigenvalue weighted by atomic mass is 79.9. The van der Waals surface area contributed by atoms with Crippen LogP contribution in [0.1, 0.15) is 13.3 Å². The normalized spacial score (nSPS) is 29.1. The van der Waals surface area contributed by atoms with Crippen molar-refractivity contribution in [1.82, 2.24) is 15.1 Å². The van der Waals surface area contributed by atoms with E-state index in [1.54, 1.807) is 6.20 Å². The molecule has 2 aliphatic rings. The summed E-state index contributed by atoms with van der Waals surface area (Å²) in [6.45, 7) is 4.86. The Morgan fingerprint density at radius 2 is 2.28 bits per heavy atom. The molecule has 0 aromatic carbocycles. The van der Waals surface area contributed by atoms with Crippen LogP contribution in [0.4, 0.5) is 5.69 Å². The quantitative estimate of drug-likeness (QED) is 0.872. The van der Waals surface area contributed by atoms with Gasteiger partial charge in [-0.2, -0.15) is 5.10 Å². The van der Waals surface area contributed by atoms with Gasteiger partial charge in [0.15, 0.2) is 0 Å². The Labute approximate surface area is 114 Å². The standard InChI is InChI=1S/C12H17BrN4O/c1-2-3-17-12(18)10(13)9(6-15-17)16-11-7-4-14-5-8(7)11/h6-8,11,14,16H,2-5H2,1H3. The van der Waals surface area contributed by atoms with Crippen molar-refractivity contribution in [1.29, 1.82) is 0 Å². The highest BCUT2D eigenvalue weighted by molar-refractivity contribution is 9.10. The number of hydrogen-bond donors (Lipinski definition) is 2. The highest BCUT2D eigenvalue weighted by Gasteiger charge is 2.53. The van der Waals surface area contributed by atoms with E-state index < -0.39 is 0 Å². The molecule has 2 fully saturated rings. The number of aromatic nitrogens is 2. The number of fused-ring (bicyclic) bond motifs is 1. The van der Waals surface area contributed by atoms with Gasteiger partial charge in [0.25, 0.3) is 5.56 Å². The zero-order chi connectivity index (χ0) is 12.7. The molecular weight excluding hydrogens is 296 g/mol. The van der Waals surface area contributed by atoms with Crippen molar-refractivity contribution in [2.75, 3.05) is 18.4 Å². The van der Waals surface area contributed by atoms with Crippen LogP contribution in [-0.4, -0.2) is 28.9 Å². The van der Waals surface area contributed by atoms with Crippen molar-refractivity contribution >= 4 is 21.6 Å². The Morgan fingerprint density at radius 1 is 1.56 bits per heavy atom. The summed E-state index contributed by atoms with van der Waals surface area (Å²) in [6.07, 6.45) is 2.66. The number of nitrogens with zero attached hydrogens (tertiary/aromatic N) is 2. The number of piperidine rings is 1. The molecule has 5 nitrogen and oxygen atoms in total. The fraction of sp³-hybridized carbons (Fsp3) is 0.667. The molecule has 1 saturated heterocycles. The smallest absolute Gasteiger partial charge is 0.283 e. The summed E-state index contributed by atoms with van der Waals surface area (Å²) in [7, 11) is 0. The molecule has 3 rings (SSSR count). The molecule has 0 amide bonds. The predicted molar refractivity (Wildman–Crippen MR) is 73.7 cm³/mol. The van der Waals surface area contributed by atoms with Gasteiger partial charge in [-0.25, -0.2) is 4.68 Å². The van der Waals surface area contributed by atoms with Crippen molar-refractivity contribution in [2.24, 2.45) is 11.8 Å². The van der Waals surface area contributed by atoms with Crippen LogP contribution < -0.4 is 16.2 Å². The Morgan fingerprint density at radius 3 is 2.94 bits per heavy atom. The third-order valence-electron chi connectivity index (χ3n) is 3.83. The van der Waals surface area contributed by atoms with Crippen molar-refractivity contribution in [2.45, 2.75) is 25.9 Å². The van der Waals surface area contributed by atoms with E-state index in [0.717, 1.165) is 37.0 Å². The minimum Gasteiger partial charge on any atom is -0.379 e. The van der Waals surface area contributed by atoms with Gasteiger partial charge in [0.2, 0.25) is 0 Å². The van der Waals surface area contributed by atoms with E-state index in [1.165, 1.54) is 4.68 Å². The van der Waals surface area contributed by atoms with Gasteiger partial charge in [-0.1, -0.05) is 6.92 Å². The molecule has 1 saturated carbocycles. The Balaban J connectivity index is 1.77. The maximum Gasteiger partial charge on any atom is 0.283 e.